The molecule has 0 aliphatic carbocycles. The molecule has 0 amide bonds. The number of aryl methyl sites for hydroxylation is 1. The van der Waals surface area contributed by atoms with Crippen molar-refractivity contribution in [2.45, 2.75) is 13.5 Å². The van der Waals surface area contributed by atoms with Gasteiger partial charge in [0, 0.05) is 9.26 Å². The van der Waals surface area contributed by atoms with Crippen molar-refractivity contribution in [2.75, 3.05) is 5.32 Å². The van der Waals surface area contributed by atoms with Gasteiger partial charge in [0.2, 0.25) is 0 Å². The zero-order chi connectivity index (χ0) is 10.7. The highest BCUT2D eigenvalue weighted by Crippen LogP contribution is 2.14. The van der Waals surface area contributed by atoms with E-state index in [9.17, 15) is 0 Å². The van der Waals surface area contributed by atoms with E-state index in [1.165, 1.54) is 9.13 Å². The fraction of sp³-hybridized carbons (Fsp3) is 0.167. The van der Waals surface area contributed by atoms with Gasteiger partial charge in [0.05, 0.1) is 12.8 Å². The van der Waals surface area contributed by atoms with Gasteiger partial charge in [-0.1, -0.05) is 0 Å². The van der Waals surface area contributed by atoms with Crippen LogP contribution in [-0.2, 0) is 6.54 Å². The van der Waals surface area contributed by atoms with Gasteiger partial charge in [-0.2, -0.15) is 0 Å². The Bertz CT molecular complexity index is 433. The van der Waals surface area contributed by atoms with E-state index in [0.29, 0.717) is 0 Å². The van der Waals surface area contributed by atoms with E-state index in [4.69, 9.17) is 4.42 Å². The molecule has 2 nitrogen and oxygen atoms in total. The van der Waals surface area contributed by atoms with Crippen LogP contribution in [0.25, 0.3) is 0 Å². The van der Waals surface area contributed by atoms with Crippen molar-refractivity contribution < 1.29 is 4.42 Å². The molecule has 0 aliphatic heterocycles. The maximum Gasteiger partial charge on any atom is 0.125 e. The molecule has 0 unspecified atom stereocenters. The second-order valence-corrected chi connectivity index (χ2v) is 4.63. The van der Waals surface area contributed by atoms with Crippen molar-refractivity contribution in [3.8, 4) is 0 Å². The molecule has 2 rings (SSSR count). The molecule has 0 saturated carbocycles. The van der Waals surface area contributed by atoms with Crippen LogP contribution in [0.1, 0.15) is 11.3 Å². The van der Waals surface area contributed by atoms with E-state index in [1.807, 2.05) is 6.07 Å². The lowest BCUT2D eigenvalue weighted by atomic mass is 10.2. The average Bonchev–Trinajstić information content (AvgIpc) is 2.63. The summed E-state index contributed by atoms with van der Waals surface area (Å²) in [4.78, 5) is 0. The molecule has 0 aliphatic rings. The number of nitrogens with one attached hydrogen (secondary N) is 1. The van der Waals surface area contributed by atoms with Gasteiger partial charge in [-0.05, 0) is 65.4 Å². The topological polar surface area (TPSA) is 25.2 Å². The minimum absolute atomic E-state index is 0.736. The Hall–Kier alpha value is -0.970. The van der Waals surface area contributed by atoms with E-state index < -0.39 is 0 Å². The quantitative estimate of drug-likeness (QED) is 0.872. The summed E-state index contributed by atoms with van der Waals surface area (Å²) < 4.78 is 6.59. The Morgan fingerprint density at radius 2 is 1.93 bits per heavy atom. The maximum absolute atomic E-state index is 5.35. The van der Waals surface area contributed by atoms with Crippen LogP contribution in [-0.4, -0.2) is 0 Å². The summed E-state index contributed by atoms with van der Waals surface area (Å²) in [6, 6.07) is 10.3. The first-order chi connectivity index (χ1) is 7.25. The summed E-state index contributed by atoms with van der Waals surface area (Å²) in [6.45, 7) is 2.79. The lowest BCUT2D eigenvalue weighted by Crippen LogP contribution is -1.99. The number of benzene rings is 1. The molecule has 1 aromatic carbocycles. The molecule has 0 saturated heterocycles. The highest BCUT2D eigenvalue weighted by molar-refractivity contribution is 14.1. The third-order valence-corrected chi connectivity index (χ3v) is 2.98. The van der Waals surface area contributed by atoms with Crippen LogP contribution in [0.5, 0.6) is 0 Å². The maximum atomic E-state index is 5.35. The van der Waals surface area contributed by atoms with Gasteiger partial charge < -0.3 is 9.73 Å². The van der Waals surface area contributed by atoms with Gasteiger partial charge in [-0.15, -0.1) is 0 Å². The molecule has 1 N–H and O–H groups in total. The molecule has 2 aromatic rings. The third kappa shape index (κ3) is 2.75. The highest BCUT2D eigenvalue weighted by atomic mass is 127. The van der Waals surface area contributed by atoms with E-state index in [1.54, 1.807) is 6.26 Å². The molecule has 0 bridgehead atoms. The summed E-state index contributed by atoms with van der Waals surface area (Å²) in [5.41, 5.74) is 2.30. The molecule has 0 atom stereocenters. The predicted molar refractivity (Wildman–Crippen MR) is 69.9 cm³/mol. The van der Waals surface area contributed by atoms with Gasteiger partial charge in [-0.25, -0.2) is 0 Å². The minimum Gasteiger partial charge on any atom is -0.467 e. The lowest BCUT2D eigenvalue weighted by molar-refractivity contribution is 0.515. The van der Waals surface area contributed by atoms with Crippen LogP contribution in [0.4, 0.5) is 5.69 Å². The Morgan fingerprint density at radius 3 is 2.53 bits per heavy atom. The summed E-state index contributed by atoms with van der Waals surface area (Å²) in [5.74, 6) is 0.994. The smallest absolute Gasteiger partial charge is 0.125 e. The van der Waals surface area contributed by atoms with Crippen LogP contribution >= 0.6 is 22.6 Å². The van der Waals surface area contributed by atoms with Crippen molar-refractivity contribution in [2.24, 2.45) is 0 Å². The summed E-state index contributed by atoms with van der Waals surface area (Å²) in [7, 11) is 0. The first kappa shape index (κ1) is 10.5. The van der Waals surface area contributed by atoms with Crippen LogP contribution in [0, 0.1) is 10.5 Å². The number of rotatable bonds is 3. The second kappa shape index (κ2) is 4.70. The van der Waals surface area contributed by atoms with Crippen LogP contribution in [0.2, 0.25) is 0 Å². The fourth-order valence-corrected chi connectivity index (χ4v) is 1.69. The van der Waals surface area contributed by atoms with Crippen molar-refractivity contribution in [1.29, 1.82) is 0 Å². The molecule has 0 spiro atoms. The van der Waals surface area contributed by atoms with Crippen molar-refractivity contribution >= 4 is 28.3 Å². The monoisotopic (exact) mass is 313 g/mol. The van der Waals surface area contributed by atoms with Crippen LogP contribution in [0.15, 0.2) is 41.0 Å². The highest BCUT2D eigenvalue weighted by Gasteiger charge is 2.00. The number of hydrogen-bond donors (Lipinski definition) is 1. The molecule has 0 fully saturated rings. The van der Waals surface area contributed by atoms with E-state index >= 15 is 0 Å². The van der Waals surface area contributed by atoms with E-state index in [2.05, 4.69) is 59.1 Å². The number of hydrogen-bond acceptors (Lipinski definition) is 2. The molecule has 0 radical (unpaired) electrons. The number of anilines is 1. The molecular weight excluding hydrogens is 301 g/mol. The molecular formula is C12H12INO. The zero-order valence-electron chi connectivity index (χ0n) is 8.46. The Morgan fingerprint density at radius 1 is 1.20 bits per heavy atom. The predicted octanol–water partition coefficient (Wildman–Crippen LogP) is 3.80. The van der Waals surface area contributed by atoms with Crippen LogP contribution < -0.4 is 5.32 Å². The Kier molecular flexibility index (Phi) is 3.30. The van der Waals surface area contributed by atoms with Crippen molar-refractivity contribution in [1.82, 2.24) is 0 Å². The molecule has 78 valence electrons. The Balaban J connectivity index is 1.99. The summed E-state index contributed by atoms with van der Waals surface area (Å²) in [5, 5.41) is 3.32. The summed E-state index contributed by atoms with van der Waals surface area (Å²) in [6.07, 6.45) is 1.72. The molecule has 1 aromatic heterocycles. The second-order valence-electron chi connectivity index (χ2n) is 3.39. The first-order valence-electron chi connectivity index (χ1n) is 4.78. The largest absolute Gasteiger partial charge is 0.467 e. The molecule has 3 heteroatoms. The fourth-order valence-electron chi connectivity index (χ4n) is 1.34. The van der Waals surface area contributed by atoms with Gasteiger partial charge in [-0.3, -0.25) is 0 Å². The zero-order valence-corrected chi connectivity index (χ0v) is 10.6. The lowest BCUT2D eigenvalue weighted by Gasteiger charge is -2.04. The third-order valence-electron chi connectivity index (χ3n) is 2.27. The van der Waals surface area contributed by atoms with E-state index in [-0.39, 0.29) is 0 Å². The minimum atomic E-state index is 0.736. The number of furan rings is 1. The standard InChI is InChI=1S/C12H12INO/c1-9-6-7-15-12(9)8-14-11-4-2-10(13)3-5-11/h2-7,14H,8H2,1H3. The number of halogens is 1. The average molecular weight is 313 g/mol. The van der Waals surface area contributed by atoms with Crippen molar-refractivity contribution in [3.63, 3.8) is 0 Å². The normalized spacial score (nSPS) is 10.3. The SMILES string of the molecule is Cc1ccoc1CNc1ccc(I)cc1. The van der Waals surface area contributed by atoms with E-state index in [0.717, 1.165) is 18.0 Å². The van der Waals surface area contributed by atoms with Gasteiger partial charge in [0.15, 0.2) is 0 Å². The summed E-state index contributed by atoms with van der Waals surface area (Å²) >= 11 is 2.29. The van der Waals surface area contributed by atoms with Gasteiger partial charge in [0.1, 0.15) is 5.76 Å². The first-order valence-corrected chi connectivity index (χ1v) is 5.86. The van der Waals surface area contributed by atoms with Gasteiger partial charge in [0.25, 0.3) is 0 Å². The van der Waals surface area contributed by atoms with Gasteiger partial charge >= 0.3 is 0 Å². The van der Waals surface area contributed by atoms with Crippen molar-refractivity contribution in [3.05, 3.63) is 51.5 Å². The Labute approximate surface area is 103 Å². The molecule has 1 heterocycles. The molecule has 15 heavy (non-hydrogen) atoms. The van der Waals surface area contributed by atoms with Crippen LogP contribution in [0.3, 0.4) is 0 Å².